The fraction of sp³-hybridized carbons (Fsp3) is 0.364. The van der Waals surface area contributed by atoms with Crippen LogP contribution in [-0.2, 0) is 9.47 Å². The molecule has 1 aromatic rings. The molecule has 1 aromatic carbocycles. The molecule has 0 saturated carbocycles. The van der Waals surface area contributed by atoms with Gasteiger partial charge in [0.25, 0.3) is 0 Å². The molecule has 2 nitrogen and oxygen atoms in total. The van der Waals surface area contributed by atoms with Gasteiger partial charge in [-0.25, -0.2) is 0 Å². The zero-order chi connectivity index (χ0) is 9.97. The minimum atomic E-state index is 0.0601. The van der Waals surface area contributed by atoms with Crippen LogP contribution in [-0.4, -0.2) is 17.9 Å². The van der Waals surface area contributed by atoms with E-state index < -0.39 is 0 Å². The second-order valence-electron chi connectivity index (χ2n) is 3.42. The van der Waals surface area contributed by atoms with Gasteiger partial charge in [0.2, 0.25) is 0 Å². The molecule has 2 rings (SSSR count). The van der Waals surface area contributed by atoms with Crippen LogP contribution in [0.1, 0.15) is 18.4 Å². The molecule has 0 amide bonds. The molecular weight excluding hydrogens is 196 g/mol. The maximum Gasteiger partial charge on any atom is 0.352 e. The van der Waals surface area contributed by atoms with E-state index in [1.165, 1.54) is 5.56 Å². The number of hydrogen-bond donors (Lipinski definition) is 0. The molecule has 3 heteroatoms. The van der Waals surface area contributed by atoms with Crippen molar-refractivity contribution in [2.75, 3.05) is 6.61 Å². The van der Waals surface area contributed by atoms with Crippen LogP contribution >= 0.6 is 12.2 Å². The highest BCUT2D eigenvalue weighted by molar-refractivity contribution is 7.79. The Hall–Kier alpha value is -1.09. The van der Waals surface area contributed by atoms with Gasteiger partial charge in [0.1, 0.15) is 12.7 Å². The number of hydrogen-bond acceptors (Lipinski definition) is 3. The highest BCUT2D eigenvalue weighted by Crippen LogP contribution is 2.24. The van der Waals surface area contributed by atoms with Crippen LogP contribution in [0.3, 0.4) is 0 Å². The van der Waals surface area contributed by atoms with E-state index in [1.807, 2.05) is 18.2 Å². The Labute approximate surface area is 88.8 Å². The standard InChI is InChI=1S/C11H12O2S/c1-8(9-5-3-2-4-6-9)10-7-12-11(14)13-10/h2-6,8,10H,7H2,1H3. The minimum Gasteiger partial charge on any atom is -0.453 e. The van der Waals surface area contributed by atoms with E-state index in [0.717, 1.165) is 0 Å². The van der Waals surface area contributed by atoms with E-state index in [2.05, 4.69) is 19.1 Å². The molecule has 0 bridgehead atoms. The molecule has 0 N–H and O–H groups in total. The lowest BCUT2D eigenvalue weighted by Crippen LogP contribution is -2.18. The molecule has 14 heavy (non-hydrogen) atoms. The third-order valence-electron chi connectivity index (χ3n) is 2.50. The summed E-state index contributed by atoms with van der Waals surface area (Å²) >= 11 is 4.82. The van der Waals surface area contributed by atoms with Crippen LogP contribution in [0.15, 0.2) is 30.3 Å². The van der Waals surface area contributed by atoms with Gasteiger partial charge in [-0.15, -0.1) is 0 Å². The first-order valence-corrected chi connectivity index (χ1v) is 5.06. The summed E-state index contributed by atoms with van der Waals surface area (Å²) in [6.45, 7) is 2.69. The van der Waals surface area contributed by atoms with Crippen LogP contribution in [0.5, 0.6) is 0 Å². The van der Waals surface area contributed by atoms with Crippen LogP contribution in [0, 0.1) is 0 Å². The summed E-state index contributed by atoms with van der Waals surface area (Å²) in [7, 11) is 0. The van der Waals surface area contributed by atoms with Crippen LogP contribution in [0.25, 0.3) is 0 Å². The summed E-state index contributed by atoms with van der Waals surface area (Å²) < 4.78 is 10.5. The van der Waals surface area contributed by atoms with Gasteiger partial charge in [-0.05, 0) is 5.56 Å². The van der Waals surface area contributed by atoms with Crippen molar-refractivity contribution in [3.8, 4) is 0 Å². The fourth-order valence-electron chi connectivity index (χ4n) is 1.56. The Morgan fingerprint density at radius 2 is 2.07 bits per heavy atom. The highest BCUT2D eigenvalue weighted by Gasteiger charge is 2.28. The monoisotopic (exact) mass is 208 g/mol. The van der Waals surface area contributed by atoms with Crippen molar-refractivity contribution >= 4 is 17.5 Å². The van der Waals surface area contributed by atoms with Crippen molar-refractivity contribution in [3.63, 3.8) is 0 Å². The first-order valence-electron chi connectivity index (χ1n) is 4.66. The Morgan fingerprint density at radius 3 is 2.64 bits per heavy atom. The third kappa shape index (κ3) is 1.87. The highest BCUT2D eigenvalue weighted by atomic mass is 32.1. The van der Waals surface area contributed by atoms with E-state index in [9.17, 15) is 0 Å². The molecule has 1 fully saturated rings. The van der Waals surface area contributed by atoms with Gasteiger partial charge < -0.3 is 9.47 Å². The molecule has 74 valence electrons. The first kappa shape index (κ1) is 9.46. The quantitative estimate of drug-likeness (QED) is 0.696. The Bertz CT molecular complexity index is 323. The minimum absolute atomic E-state index is 0.0601. The van der Waals surface area contributed by atoms with Crippen molar-refractivity contribution in [3.05, 3.63) is 35.9 Å². The van der Waals surface area contributed by atoms with Gasteiger partial charge in [-0.2, -0.15) is 0 Å². The van der Waals surface area contributed by atoms with Gasteiger partial charge in [0, 0.05) is 18.1 Å². The molecular formula is C11H12O2S. The Kier molecular flexibility index (Phi) is 2.68. The summed E-state index contributed by atoms with van der Waals surface area (Å²) in [4.78, 5) is 0. The van der Waals surface area contributed by atoms with Crippen molar-refractivity contribution < 1.29 is 9.47 Å². The predicted molar refractivity (Wildman–Crippen MR) is 58.3 cm³/mol. The lowest BCUT2D eigenvalue weighted by atomic mass is 9.96. The van der Waals surface area contributed by atoms with Crippen LogP contribution in [0.2, 0.25) is 0 Å². The smallest absolute Gasteiger partial charge is 0.352 e. The topological polar surface area (TPSA) is 18.5 Å². The predicted octanol–water partition coefficient (Wildman–Crippen LogP) is 2.49. The third-order valence-corrected chi connectivity index (χ3v) is 2.71. The van der Waals surface area contributed by atoms with Crippen molar-refractivity contribution in [1.82, 2.24) is 0 Å². The van der Waals surface area contributed by atoms with Gasteiger partial charge in [0.05, 0.1) is 0 Å². The van der Waals surface area contributed by atoms with Crippen molar-refractivity contribution in [1.29, 1.82) is 0 Å². The molecule has 1 saturated heterocycles. The molecule has 1 aliphatic heterocycles. The Morgan fingerprint density at radius 1 is 1.36 bits per heavy atom. The summed E-state index contributed by atoms with van der Waals surface area (Å²) in [5, 5.41) is 0.276. The zero-order valence-electron chi connectivity index (χ0n) is 7.97. The lowest BCUT2D eigenvalue weighted by molar-refractivity contribution is 0.201. The largest absolute Gasteiger partial charge is 0.453 e. The average Bonchev–Trinajstić information content (AvgIpc) is 2.65. The maximum absolute atomic E-state index is 5.39. The first-order chi connectivity index (χ1) is 6.77. The molecule has 1 aliphatic rings. The van der Waals surface area contributed by atoms with Gasteiger partial charge in [-0.3, -0.25) is 0 Å². The second kappa shape index (κ2) is 3.96. The number of thiocarbonyl (C=S) groups is 1. The van der Waals surface area contributed by atoms with E-state index in [-0.39, 0.29) is 11.3 Å². The number of ether oxygens (including phenoxy) is 2. The molecule has 0 aliphatic carbocycles. The summed E-state index contributed by atoms with van der Waals surface area (Å²) in [5.41, 5.74) is 1.26. The molecule has 2 unspecified atom stereocenters. The van der Waals surface area contributed by atoms with E-state index in [1.54, 1.807) is 0 Å². The molecule has 1 heterocycles. The summed E-state index contributed by atoms with van der Waals surface area (Å²) in [6.07, 6.45) is 0.0601. The fourth-order valence-corrected chi connectivity index (χ4v) is 1.75. The van der Waals surface area contributed by atoms with E-state index in [0.29, 0.717) is 12.5 Å². The molecule has 0 aromatic heterocycles. The van der Waals surface area contributed by atoms with E-state index >= 15 is 0 Å². The van der Waals surface area contributed by atoms with Crippen LogP contribution < -0.4 is 0 Å². The van der Waals surface area contributed by atoms with Crippen molar-refractivity contribution in [2.24, 2.45) is 0 Å². The lowest BCUT2D eigenvalue weighted by Gasteiger charge is -2.16. The van der Waals surface area contributed by atoms with Crippen LogP contribution in [0.4, 0.5) is 0 Å². The summed E-state index contributed by atoms with van der Waals surface area (Å²) in [6, 6.07) is 10.2. The van der Waals surface area contributed by atoms with E-state index in [4.69, 9.17) is 21.7 Å². The number of rotatable bonds is 2. The van der Waals surface area contributed by atoms with Gasteiger partial charge in [-0.1, -0.05) is 37.3 Å². The number of benzene rings is 1. The average molecular weight is 208 g/mol. The molecule has 0 spiro atoms. The van der Waals surface area contributed by atoms with Gasteiger partial charge in [0.15, 0.2) is 0 Å². The SMILES string of the molecule is CC(c1ccccc1)C1COC(=S)O1. The normalized spacial score (nSPS) is 22.6. The zero-order valence-corrected chi connectivity index (χ0v) is 8.79. The molecule has 0 radical (unpaired) electrons. The molecule has 2 atom stereocenters. The Balaban J connectivity index is 2.09. The second-order valence-corrected chi connectivity index (χ2v) is 3.75. The maximum atomic E-state index is 5.39. The van der Waals surface area contributed by atoms with Crippen molar-refractivity contribution in [2.45, 2.75) is 18.9 Å². The van der Waals surface area contributed by atoms with Gasteiger partial charge >= 0.3 is 5.24 Å². The summed E-state index contributed by atoms with van der Waals surface area (Å²) in [5.74, 6) is 0.316.